The molecule has 1 aliphatic carbocycles. The van der Waals surface area contributed by atoms with Crippen LogP contribution in [0.15, 0.2) is 30.3 Å². The number of aliphatic hydroxyl groups excluding tert-OH is 1. The normalized spacial score (nSPS) is 28.4. The van der Waals surface area contributed by atoms with Crippen LogP contribution in [0.3, 0.4) is 0 Å². The van der Waals surface area contributed by atoms with Gasteiger partial charge in [0.1, 0.15) is 17.2 Å². The van der Waals surface area contributed by atoms with Crippen LogP contribution >= 0.6 is 23.2 Å². The molecule has 11 heteroatoms. The smallest absolute Gasteiger partial charge is 0.250 e. The SMILES string of the molecule is O=C1Nc2cc(Cl)c(F)cc2[C@@]12[C@@H](c1cccc(Cl)c1F)[C@H]([N+](=O)[O-])[C@H](CCO)N2CC1CC1. The predicted octanol–water partition coefficient (Wildman–Crippen LogP) is 4.32. The van der Waals surface area contributed by atoms with E-state index in [1.54, 1.807) is 4.90 Å². The summed E-state index contributed by atoms with van der Waals surface area (Å²) in [6.45, 7) is -0.0642. The number of halogens is 4. The van der Waals surface area contributed by atoms with Crippen molar-refractivity contribution < 1.29 is 23.6 Å². The molecule has 180 valence electrons. The first-order valence-electron chi connectivity index (χ1n) is 11.0. The molecule has 5 rings (SSSR count). The van der Waals surface area contributed by atoms with E-state index in [-0.39, 0.29) is 45.8 Å². The number of benzene rings is 2. The molecule has 2 aliphatic heterocycles. The van der Waals surface area contributed by atoms with E-state index in [4.69, 9.17) is 23.2 Å². The lowest BCUT2D eigenvalue weighted by Crippen LogP contribution is -2.53. The number of carbonyl (C=O) groups excluding carboxylic acids is 1. The maximum absolute atomic E-state index is 15.4. The Morgan fingerprint density at radius 2 is 1.97 bits per heavy atom. The molecule has 4 atom stereocenters. The van der Waals surface area contributed by atoms with Crippen molar-refractivity contribution in [2.75, 3.05) is 18.5 Å². The maximum Gasteiger partial charge on any atom is 0.250 e. The van der Waals surface area contributed by atoms with E-state index in [0.29, 0.717) is 6.54 Å². The van der Waals surface area contributed by atoms with Crippen LogP contribution in [0.25, 0.3) is 0 Å². The maximum atomic E-state index is 15.4. The Kier molecular flexibility index (Phi) is 5.79. The highest BCUT2D eigenvalue weighted by molar-refractivity contribution is 6.31. The summed E-state index contributed by atoms with van der Waals surface area (Å²) in [4.78, 5) is 27.5. The van der Waals surface area contributed by atoms with E-state index < -0.39 is 46.0 Å². The summed E-state index contributed by atoms with van der Waals surface area (Å²) in [5.74, 6) is -3.44. The molecule has 2 N–H and O–H groups in total. The number of nitrogens with one attached hydrogen (secondary N) is 1. The highest BCUT2D eigenvalue weighted by atomic mass is 35.5. The van der Waals surface area contributed by atoms with Crippen molar-refractivity contribution in [2.45, 2.75) is 42.8 Å². The van der Waals surface area contributed by atoms with Gasteiger partial charge in [0.2, 0.25) is 6.04 Å². The molecule has 0 aromatic heterocycles. The second-order valence-corrected chi connectivity index (χ2v) is 9.92. The molecule has 1 spiro atoms. The summed E-state index contributed by atoms with van der Waals surface area (Å²) in [7, 11) is 0. The summed E-state index contributed by atoms with van der Waals surface area (Å²) in [6, 6.07) is 4.15. The second kappa shape index (κ2) is 8.41. The van der Waals surface area contributed by atoms with Gasteiger partial charge in [0, 0.05) is 34.9 Å². The number of aliphatic hydroxyl groups is 1. The number of carbonyl (C=O) groups is 1. The number of likely N-dealkylation sites (tertiary alicyclic amines) is 1. The van der Waals surface area contributed by atoms with E-state index >= 15 is 4.39 Å². The molecule has 0 bridgehead atoms. The second-order valence-electron chi connectivity index (χ2n) is 9.10. The molecule has 2 fully saturated rings. The van der Waals surface area contributed by atoms with Gasteiger partial charge in [-0.15, -0.1) is 0 Å². The number of fused-ring (bicyclic) bond motifs is 2. The summed E-state index contributed by atoms with van der Waals surface area (Å²) < 4.78 is 30.2. The fourth-order valence-corrected chi connectivity index (χ4v) is 6.09. The van der Waals surface area contributed by atoms with Crippen molar-refractivity contribution in [3.63, 3.8) is 0 Å². The van der Waals surface area contributed by atoms with Crippen molar-refractivity contribution in [1.82, 2.24) is 4.90 Å². The Morgan fingerprint density at radius 1 is 1.24 bits per heavy atom. The van der Waals surface area contributed by atoms with Crippen molar-refractivity contribution in [1.29, 1.82) is 0 Å². The summed E-state index contributed by atoms with van der Waals surface area (Å²) in [5, 5.41) is 24.6. The van der Waals surface area contributed by atoms with Crippen molar-refractivity contribution in [2.24, 2.45) is 5.92 Å². The molecule has 2 heterocycles. The minimum atomic E-state index is -1.79. The molecule has 1 saturated heterocycles. The third-order valence-corrected chi connectivity index (χ3v) is 7.82. The number of amides is 1. The van der Waals surface area contributed by atoms with E-state index in [2.05, 4.69) is 5.32 Å². The monoisotopic (exact) mass is 511 g/mol. The first kappa shape index (κ1) is 23.4. The first-order chi connectivity index (χ1) is 16.2. The van der Waals surface area contributed by atoms with Crippen LogP contribution in [0.1, 0.15) is 36.3 Å². The molecule has 7 nitrogen and oxygen atoms in total. The lowest BCUT2D eigenvalue weighted by Gasteiger charge is -2.38. The average molecular weight is 512 g/mol. The quantitative estimate of drug-likeness (QED) is 0.444. The van der Waals surface area contributed by atoms with Crippen LogP contribution in [0.5, 0.6) is 0 Å². The molecule has 2 aromatic rings. The van der Waals surface area contributed by atoms with Gasteiger partial charge in [0.25, 0.3) is 5.91 Å². The zero-order chi connectivity index (χ0) is 24.4. The highest BCUT2D eigenvalue weighted by Crippen LogP contribution is 2.59. The van der Waals surface area contributed by atoms with E-state index in [1.165, 1.54) is 24.3 Å². The molecule has 2 aromatic carbocycles. The van der Waals surface area contributed by atoms with E-state index in [9.17, 15) is 24.4 Å². The zero-order valence-electron chi connectivity index (χ0n) is 17.8. The molecular weight excluding hydrogens is 491 g/mol. The van der Waals surface area contributed by atoms with Gasteiger partial charge in [-0.2, -0.15) is 0 Å². The van der Waals surface area contributed by atoms with Gasteiger partial charge in [-0.1, -0.05) is 35.3 Å². The van der Waals surface area contributed by atoms with Crippen molar-refractivity contribution in [3.05, 3.63) is 73.3 Å². The van der Waals surface area contributed by atoms with Crippen LogP contribution in [-0.4, -0.2) is 46.1 Å². The Bertz CT molecular complexity index is 1200. The molecule has 1 saturated carbocycles. The largest absolute Gasteiger partial charge is 0.396 e. The average Bonchev–Trinajstić information content (AvgIpc) is 3.50. The first-order valence-corrected chi connectivity index (χ1v) is 11.7. The Hall–Kier alpha value is -2.33. The molecule has 1 amide bonds. The third kappa shape index (κ3) is 3.32. The number of hydrogen-bond donors (Lipinski definition) is 2. The van der Waals surface area contributed by atoms with E-state index in [1.807, 2.05) is 0 Å². The number of nitro groups is 1. The Morgan fingerprint density at radius 3 is 2.62 bits per heavy atom. The summed E-state index contributed by atoms with van der Waals surface area (Å²) >= 11 is 12.0. The number of rotatable bonds is 6. The third-order valence-electron chi connectivity index (χ3n) is 7.24. The van der Waals surface area contributed by atoms with Crippen molar-refractivity contribution in [3.8, 4) is 0 Å². The van der Waals surface area contributed by atoms with Gasteiger partial charge in [-0.25, -0.2) is 8.78 Å². The van der Waals surface area contributed by atoms with Gasteiger partial charge in [-0.3, -0.25) is 19.8 Å². The van der Waals surface area contributed by atoms with E-state index in [0.717, 1.165) is 18.9 Å². The lowest BCUT2D eigenvalue weighted by atomic mass is 9.73. The fourth-order valence-electron chi connectivity index (χ4n) is 5.74. The predicted molar refractivity (Wildman–Crippen MR) is 122 cm³/mol. The van der Waals surface area contributed by atoms with Gasteiger partial charge in [-0.05, 0) is 43.4 Å². The van der Waals surface area contributed by atoms with Gasteiger partial charge in [0.05, 0.1) is 22.0 Å². The fraction of sp³-hybridized carbons (Fsp3) is 0.435. The van der Waals surface area contributed by atoms with Gasteiger partial charge in [0.15, 0.2) is 0 Å². The van der Waals surface area contributed by atoms with Crippen LogP contribution in [-0.2, 0) is 10.3 Å². The zero-order valence-corrected chi connectivity index (χ0v) is 19.3. The van der Waals surface area contributed by atoms with Gasteiger partial charge >= 0.3 is 0 Å². The minimum Gasteiger partial charge on any atom is -0.396 e. The van der Waals surface area contributed by atoms with Crippen LogP contribution in [0.2, 0.25) is 10.0 Å². The highest BCUT2D eigenvalue weighted by Gasteiger charge is 2.71. The lowest BCUT2D eigenvalue weighted by molar-refractivity contribution is -0.528. The molecule has 0 unspecified atom stereocenters. The Labute approximate surface area is 203 Å². The van der Waals surface area contributed by atoms with Crippen LogP contribution < -0.4 is 5.32 Å². The topological polar surface area (TPSA) is 95.7 Å². The minimum absolute atomic E-state index is 0.0164. The standard InChI is InChI=1S/C23H21Cl2F2N3O4/c24-14-3-1-2-12(20(14)27)19-21(30(33)34)18(6-7-31)29(10-11-4-5-11)23(19)13-8-16(26)15(25)9-17(13)28-22(23)32/h1-3,8-9,11,18-19,21,31H,4-7,10H2,(H,28,32)/t18-,19-,21+,23+/m0/s1. The number of hydrogen-bond acceptors (Lipinski definition) is 5. The Balaban J connectivity index is 1.85. The number of nitrogens with zero attached hydrogens (tertiary/aromatic N) is 2. The molecule has 34 heavy (non-hydrogen) atoms. The van der Waals surface area contributed by atoms with Crippen LogP contribution in [0.4, 0.5) is 14.5 Å². The molecule has 0 radical (unpaired) electrons. The molecular formula is C23H21Cl2F2N3O4. The summed E-state index contributed by atoms with van der Waals surface area (Å²) in [6.07, 6.45) is 1.74. The molecule has 3 aliphatic rings. The van der Waals surface area contributed by atoms with Gasteiger partial charge < -0.3 is 10.4 Å². The van der Waals surface area contributed by atoms with Crippen LogP contribution in [0, 0.1) is 27.7 Å². The summed E-state index contributed by atoms with van der Waals surface area (Å²) in [5.41, 5.74) is -1.51. The van der Waals surface area contributed by atoms with Crippen molar-refractivity contribution >= 4 is 34.8 Å². The number of anilines is 1.